The average molecular weight is 357 g/mol. The van der Waals surface area contributed by atoms with Crippen molar-refractivity contribution in [3.8, 4) is 11.5 Å². The standard InChI is InChI=1S/C14H8Cl3N3O2/c15-9-7-8(14(21)19-13(7)20-18)10(16)12(11(9)17)22-6-4-2-1-3-5-6/h1-5H,18H2,(H,19,20,21). The quantitative estimate of drug-likeness (QED) is 0.488. The number of fused-ring (bicyclic) bond motifs is 1. The van der Waals surface area contributed by atoms with Crippen molar-refractivity contribution in [1.29, 1.82) is 0 Å². The van der Waals surface area contributed by atoms with Crippen LogP contribution in [0.4, 0.5) is 0 Å². The smallest absolute Gasteiger partial charge is 0.259 e. The van der Waals surface area contributed by atoms with Crippen LogP contribution in [0, 0.1) is 0 Å². The predicted octanol–water partition coefficient (Wildman–Crippen LogP) is 3.80. The van der Waals surface area contributed by atoms with Crippen LogP contribution in [0.5, 0.6) is 11.5 Å². The third kappa shape index (κ3) is 2.27. The van der Waals surface area contributed by atoms with Crippen molar-refractivity contribution in [2.45, 2.75) is 0 Å². The van der Waals surface area contributed by atoms with Gasteiger partial charge < -0.3 is 15.9 Å². The second kappa shape index (κ2) is 5.68. The molecule has 1 heterocycles. The van der Waals surface area contributed by atoms with E-state index in [0.717, 1.165) is 0 Å². The molecule has 5 nitrogen and oxygen atoms in total. The average Bonchev–Trinajstić information content (AvgIpc) is 2.87. The van der Waals surface area contributed by atoms with E-state index in [9.17, 15) is 4.79 Å². The van der Waals surface area contributed by atoms with Crippen molar-refractivity contribution in [3.63, 3.8) is 0 Å². The van der Waals surface area contributed by atoms with Gasteiger partial charge in [-0.25, -0.2) is 0 Å². The van der Waals surface area contributed by atoms with Gasteiger partial charge in [0.1, 0.15) is 10.8 Å². The van der Waals surface area contributed by atoms with E-state index >= 15 is 0 Å². The zero-order valence-electron chi connectivity index (χ0n) is 10.9. The van der Waals surface area contributed by atoms with E-state index in [2.05, 4.69) is 10.4 Å². The summed E-state index contributed by atoms with van der Waals surface area (Å²) >= 11 is 18.7. The summed E-state index contributed by atoms with van der Waals surface area (Å²) in [5, 5.41) is 6.16. The minimum atomic E-state index is -0.472. The number of halogens is 3. The molecular weight excluding hydrogens is 349 g/mol. The number of para-hydroxylation sites is 1. The van der Waals surface area contributed by atoms with Crippen molar-refractivity contribution in [2.24, 2.45) is 10.9 Å². The number of nitrogens with zero attached hydrogens (tertiary/aromatic N) is 1. The second-order valence-corrected chi connectivity index (χ2v) is 5.50. The number of hydrogen-bond acceptors (Lipinski definition) is 4. The number of nitrogens with one attached hydrogen (secondary N) is 1. The Labute approximate surface area is 140 Å². The summed E-state index contributed by atoms with van der Waals surface area (Å²) in [7, 11) is 0. The van der Waals surface area contributed by atoms with Gasteiger partial charge >= 0.3 is 0 Å². The SMILES string of the molecule is NN=C1NC(=O)c2c(Cl)c(Oc3ccccc3)c(Cl)c(Cl)c21. The molecular formula is C14H8Cl3N3O2. The fourth-order valence-electron chi connectivity index (χ4n) is 2.10. The van der Waals surface area contributed by atoms with Gasteiger partial charge in [-0.15, -0.1) is 0 Å². The van der Waals surface area contributed by atoms with Gasteiger partial charge in [-0.2, -0.15) is 5.10 Å². The van der Waals surface area contributed by atoms with Crippen molar-refractivity contribution in [3.05, 3.63) is 56.5 Å². The first-order valence-corrected chi connectivity index (χ1v) is 7.21. The topological polar surface area (TPSA) is 76.7 Å². The molecule has 0 saturated carbocycles. The van der Waals surface area contributed by atoms with Crippen LogP contribution in [0.15, 0.2) is 35.4 Å². The molecule has 3 rings (SSSR count). The highest BCUT2D eigenvalue weighted by Gasteiger charge is 2.35. The van der Waals surface area contributed by atoms with Crippen LogP contribution in [0.25, 0.3) is 0 Å². The first kappa shape index (κ1) is 15.0. The summed E-state index contributed by atoms with van der Waals surface area (Å²) in [6.45, 7) is 0. The molecule has 3 N–H and O–H groups in total. The lowest BCUT2D eigenvalue weighted by atomic mass is 10.1. The van der Waals surface area contributed by atoms with Crippen LogP contribution in [0.2, 0.25) is 15.1 Å². The van der Waals surface area contributed by atoms with E-state index in [1.165, 1.54) is 0 Å². The van der Waals surface area contributed by atoms with Gasteiger partial charge in [-0.3, -0.25) is 4.79 Å². The number of amidine groups is 1. The lowest BCUT2D eigenvalue weighted by Crippen LogP contribution is -2.22. The maximum Gasteiger partial charge on any atom is 0.259 e. The van der Waals surface area contributed by atoms with Crippen LogP contribution >= 0.6 is 34.8 Å². The van der Waals surface area contributed by atoms with Gasteiger partial charge in [-0.1, -0.05) is 53.0 Å². The Morgan fingerprint density at radius 3 is 2.32 bits per heavy atom. The highest BCUT2D eigenvalue weighted by molar-refractivity contribution is 6.50. The zero-order chi connectivity index (χ0) is 15.9. The summed E-state index contributed by atoms with van der Waals surface area (Å²) in [4.78, 5) is 12.0. The lowest BCUT2D eigenvalue weighted by molar-refractivity contribution is 0.0983. The van der Waals surface area contributed by atoms with E-state index in [1.807, 2.05) is 6.07 Å². The Kier molecular flexibility index (Phi) is 3.87. The number of rotatable bonds is 2. The monoisotopic (exact) mass is 355 g/mol. The normalized spacial score (nSPS) is 14.9. The zero-order valence-corrected chi connectivity index (χ0v) is 13.1. The molecule has 0 spiro atoms. The molecule has 0 bridgehead atoms. The number of benzene rings is 2. The highest BCUT2D eigenvalue weighted by atomic mass is 35.5. The number of hydrazone groups is 1. The van der Waals surface area contributed by atoms with Gasteiger partial charge in [0.05, 0.1) is 21.2 Å². The molecule has 8 heteroatoms. The minimum Gasteiger partial charge on any atom is -0.454 e. The van der Waals surface area contributed by atoms with Gasteiger partial charge in [-0.05, 0) is 12.1 Å². The van der Waals surface area contributed by atoms with Crippen molar-refractivity contribution in [1.82, 2.24) is 5.32 Å². The molecule has 1 aliphatic heterocycles. The molecule has 2 aromatic rings. The Bertz CT molecular complexity index is 807. The van der Waals surface area contributed by atoms with Crippen molar-refractivity contribution < 1.29 is 9.53 Å². The van der Waals surface area contributed by atoms with Crippen molar-refractivity contribution >= 4 is 46.5 Å². The number of amides is 1. The van der Waals surface area contributed by atoms with Gasteiger partial charge in [0.15, 0.2) is 11.6 Å². The Morgan fingerprint density at radius 2 is 1.68 bits per heavy atom. The van der Waals surface area contributed by atoms with E-state index in [-0.39, 0.29) is 37.8 Å². The van der Waals surface area contributed by atoms with Gasteiger partial charge in [0, 0.05) is 0 Å². The lowest BCUT2D eigenvalue weighted by Gasteiger charge is -2.13. The van der Waals surface area contributed by atoms with Crippen LogP contribution < -0.4 is 15.9 Å². The van der Waals surface area contributed by atoms with E-state index in [4.69, 9.17) is 45.4 Å². The number of nitrogens with two attached hydrogens (primary N) is 1. The Balaban J connectivity index is 2.20. The Hall–Kier alpha value is -1.95. The Morgan fingerprint density at radius 1 is 1.00 bits per heavy atom. The third-order valence-electron chi connectivity index (χ3n) is 3.07. The second-order valence-electron chi connectivity index (χ2n) is 4.37. The molecule has 1 aliphatic rings. The largest absolute Gasteiger partial charge is 0.454 e. The molecule has 0 aliphatic carbocycles. The molecule has 0 aromatic heterocycles. The molecule has 0 saturated heterocycles. The summed E-state index contributed by atoms with van der Waals surface area (Å²) in [6.07, 6.45) is 0. The number of carbonyl (C=O) groups is 1. The molecule has 2 aromatic carbocycles. The van der Waals surface area contributed by atoms with Crippen LogP contribution in [-0.2, 0) is 0 Å². The number of hydrogen-bond donors (Lipinski definition) is 2. The molecule has 1 amide bonds. The van der Waals surface area contributed by atoms with Gasteiger partial charge in [0.25, 0.3) is 5.91 Å². The molecule has 112 valence electrons. The summed E-state index contributed by atoms with van der Waals surface area (Å²) in [6, 6.07) is 8.86. The third-order valence-corrected chi connectivity index (χ3v) is 4.26. The van der Waals surface area contributed by atoms with Crippen LogP contribution in [0.3, 0.4) is 0 Å². The summed E-state index contributed by atoms with van der Waals surface area (Å²) in [5.74, 6) is 5.49. The fourth-order valence-corrected chi connectivity index (χ4v) is 2.96. The number of carbonyl (C=O) groups excluding carboxylic acids is 1. The summed E-state index contributed by atoms with van der Waals surface area (Å²) < 4.78 is 5.66. The molecule has 0 atom stereocenters. The molecule has 0 radical (unpaired) electrons. The van der Waals surface area contributed by atoms with E-state index < -0.39 is 5.91 Å². The van der Waals surface area contributed by atoms with E-state index in [0.29, 0.717) is 5.75 Å². The van der Waals surface area contributed by atoms with E-state index in [1.54, 1.807) is 24.3 Å². The first-order chi connectivity index (χ1) is 10.5. The molecule has 22 heavy (non-hydrogen) atoms. The maximum atomic E-state index is 12.0. The van der Waals surface area contributed by atoms with Crippen LogP contribution in [-0.4, -0.2) is 11.7 Å². The van der Waals surface area contributed by atoms with Gasteiger partial charge in [0.2, 0.25) is 0 Å². The maximum absolute atomic E-state index is 12.0. The highest BCUT2D eigenvalue weighted by Crippen LogP contribution is 2.46. The van der Waals surface area contributed by atoms with Crippen molar-refractivity contribution in [2.75, 3.05) is 0 Å². The first-order valence-electron chi connectivity index (χ1n) is 6.07. The van der Waals surface area contributed by atoms with Crippen LogP contribution in [0.1, 0.15) is 15.9 Å². The minimum absolute atomic E-state index is 0.0457. The fraction of sp³-hybridized carbons (Fsp3) is 0. The molecule has 0 fully saturated rings. The number of ether oxygens (including phenoxy) is 1. The summed E-state index contributed by atoms with van der Waals surface area (Å²) in [5.41, 5.74) is 0.399. The predicted molar refractivity (Wildman–Crippen MR) is 86.2 cm³/mol. The molecule has 0 unspecified atom stereocenters.